The standard InChI is InChI=1S/C22H31NO4S/c1-22(2)17-14-16(10-6-3-4-9-13-20(24)25)21(19(22)15-17)23-28(26,27)18-11-7-5-8-12-18/h3,5-8,11-12,16-17,19,21,23H,4,9-10,13-15H2,1-2H3,(H,24,25). The van der Waals surface area contributed by atoms with Crippen LogP contribution in [0.25, 0.3) is 0 Å². The number of carboxylic acids is 1. The predicted octanol–water partition coefficient (Wildman–Crippen LogP) is 4.22. The first-order chi connectivity index (χ1) is 13.2. The SMILES string of the molecule is CC1(C)C2CC(CC=CCCCC(=O)O)C(NS(=O)(=O)c3ccccc3)C1C2. The van der Waals surface area contributed by atoms with Gasteiger partial charge in [-0.05, 0) is 67.4 Å². The summed E-state index contributed by atoms with van der Waals surface area (Å²) in [7, 11) is -3.54. The zero-order valence-electron chi connectivity index (χ0n) is 16.7. The van der Waals surface area contributed by atoms with Gasteiger partial charge in [-0.15, -0.1) is 0 Å². The first-order valence-corrected chi connectivity index (χ1v) is 11.6. The number of nitrogens with one attached hydrogen (secondary N) is 1. The van der Waals surface area contributed by atoms with E-state index < -0.39 is 16.0 Å². The molecule has 4 atom stereocenters. The molecule has 0 aliphatic heterocycles. The van der Waals surface area contributed by atoms with Crippen molar-refractivity contribution in [2.75, 3.05) is 0 Å². The van der Waals surface area contributed by atoms with Crippen molar-refractivity contribution in [3.63, 3.8) is 0 Å². The molecule has 0 amide bonds. The molecule has 2 bridgehead atoms. The maximum absolute atomic E-state index is 12.9. The van der Waals surface area contributed by atoms with Crippen molar-refractivity contribution in [1.29, 1.82) is 0 Å². The number of hydrogen-bond acceptors (Lipinski definition) is 3. The van der Waals surface area contributed by atoms with E-state index in [1.54, 1.807) is 24.3 Å². The summed E-state index contributed by atoms with van der Waals surface area (Å²) in [6, 6.07) is 8.52. The third-order valence-corrected chi connectivity index (χ3v) is 8.26. The molecule has 3 aliphatic rings. The normalized spacial score (nSPS) is 28.8. The van der Waals surface area contributed by atoms with Gasteiger partial charge in [0.05, 0.1) is 4.90 Å². The molecule has 4 rings (SSSR count). The van der Waals surface area contributed by atoms with Gasteiger partial charge in [-0.1, -0.05) is 44.2 Å². The number of benzene rings is 1. The van der Waals surface area contributed by atoms with Crippen molar-refractivity contribution in [2.24, 2.45) is 23.2 Å². The minimum Gasteiger partial charge on any atom is -0.481 e. The molecular weight excluding hydrogens is 374 g/mol. The van der Waals surface area contributed by atoms with Crippen molar-refractivity contribution in [3.8, 4) is 0 Å². The van der Waals surface area contributed by atoms with Gasteiger partial charge < -0.3 is 5.11 Å². The summed E-state index contributed by atoms with van der Waals surface area (Å²) in [5, 5.41) is 8.70. The topological polar surface area (TPSA) is 83.5 Å². The molecule has 0 aromatic heterocycles. The van der Waals surface area contributed by atoms with Crippen LogP contribution in [0.15, 0.2) is 47.4 Å². The summed E-state index contributed by atoms with van der Waals surface area (Å²) in [5.41, 5.74) is 0.172. The largest absolute Gasteiger partial charge is 0.481 e. The third-order valence-electron chi connectivity index (χ3n) is 6.79. The van der Waals surface area contributed by atoms with Crippen LogP contribution in [-0.4, -0.2) is 25.5 Å². The predicted molar refractivity (Wildman–Crippen MR) is 109 cm³/mol. The average molecular weight is 406 g/mol. The Morgan fingerprint density at radius 1 is 1.21 bits per heavy atom. The Labute approximate surface area is 168 Å². The van der Waals surface area contributed by atoms with Gasteiger partial charge in [0.25, 0.3) is 0 Å². The molecule has 0 radical (unpaired) electrons. The first-order valence-electron chi connectivity index (χ1n) is 10.2. The van der Waals surface area contributed by atoms with E-state index in [2.05, 4.69) is 24.6 Å². The molecule has 154 valence electrons. The highest BCUT2D eigenvalue weighted by Gasteiger charge is 2.58. The van der Waals surface area contributed by atoms with Crippen LogP contribution in [0.1, 0.15) is 52.4 Å². The fourth-order valence-corrected chi connectivity index (χ4v) is 6.30. The summed E-state index contributed by atoms with van der Waals surface area (Å²) in [6.07, 6.45) is 8.67. The number of sulfonamides is 1. The van der Waals surface area contributed by atoms with E-state index in [1.165, 1.54) is 0 Å². The van der Waals surface area contributed by atoms with Gasteiger partial charge in [0.15, 0.2) is 0 Å². The molecule has 5 nitrogen and oxygen atoms in total. The average Bonchev–Trinajstić information content (AvgIpc) is 2.65. The van der Waals surface area contributed by atoms with Crippen LogP contribution in [0.3, 0.4) is 0 Å². The lowest BCUT2D eigenvalue weighted by Crippen LogP contribution is -2.63. The lowest BCUT2D eigenvalue weighted by atomic mass is 9.45. The monoisotopic (exact) mass is 405 g/mol. The van der Waals surface area contributed by atoms with E-state index in [-0.39, 0.29) is 23.8 Å². The molecule has 3 fully saturated rings. The van der Waals surface area contributed by atoms with Crippen LogP contribution in [0, 0.1) is 23.2 Å². The summed E-state index contributed by atoms with van der Waals surface area (Å²) >= 11 is 0. The molecule has 0 heterocycles. The van der Waals surface area contributed by atoms with Crippen molar-refractivity contribution in [3.05, 3.63) is 42.5 Å². The number of carboxylic acid groups (broad SMARTS) is 1. The fraction of sp³-hybridized carbons (Fsp3) is 0.591. The number of hydrogen-bond donors (Lipinski definition) is 2. The number of unbranched alkanes of at least 4 members (excludes halogenated alkanes) is 1. The number of aliphatic carboxylic acids is 1. The van der Waals surface area contributed by atoms with Gasteiger partial charge in [-0.3, -0.25) is 4.79 Å². The molecule has 4 unspecified atom stereocenters. The van der Waals surface area contributed by atoms with Crippen LogP contribution < -0.4 is 4.72 Å². The number of rotatable bonds is 9. The Balaban J connectivity index is 1.68. The van der Waals surface area contributed by atoms with Crippen molar-refractivity contribution in [2.45, 2.75) is 63.3 Å². The van der Waals surface area contributed by atoms with Crippen LogP contribution in [0.2, 0.25) is 0 Å². The maximum atomic E-state index is 12.9. The minimum absolute atomic E-state index is 0.0612. The highest BCUT2D eigenvalue weighted by Crippen LogP contribution is 2.61. The van der Waals surface area contributed by atoms with Crippen LogP contribution in [0.4, 0.5) is 0 Å². The Morgan fingerprint density at radius 3 is 2.57 bits per heavy atom. The second-order valence-electron chi connectivity index (χ2n) is 8.81. The Morgan fingerprint density at radius 2 is 1.93 bits per heavy atom. The molecule has 0 saturated heterocycles. The molecule has 3 aliphatic carbocycles. The summed E-state index contributed by atoms with van der Waals surface area (Å²) in [5.74, 6) is 0.528. The minimum atomic E-state index is -3.54. The van der Waals surface area contributed by atoms with E-state index in [0.29, 0.717) is 23.2 Å². The second kappa shape index (κ2) is 8.37. The van der Waals surface area contributed by atoms with Crippen LogP contribution in [0.5, 0.6) is 0 Å². The summed E-state index contributed by atoms with van der Waals surface area (Å²) in [4.78, 5) is 10.9. The number of allylic oxidation sites excluding steroid dienone is 2. The van der Waals surface area contributed by atoms with Crippen molar-refractivity contribution in [1.82, 2.24) is 4.72 Å². The van der Waals surface area contributed by atoms with Crippen molar-refractivity contribution < 1.29 is 18.3 Å². The summed E-state index contributed by atoms with van der Waals surface area (Å²) in [6.45, 7) is 4.52. The van der Waals surface area contributed by atoms with Gasteiger partial charge in [0.1, 0.15) is 0 Å². The highest BCUT2D eigenvalue weighted by atomic mass is 32.2. The highest BCUT2D eigenvalue weighted by molar-refractivity contribution is 7.89. The molecule has 28 heavy (non-hydrogen) atoms. The van der Waals surface area contributed by atoms with E-state index in [9.17, 15) is 13.2 Å². The van der Waals surface area contributed by atoms with E-state index in [4.69, 9.17) is 5.11 Å². The van der Waals surface area contributed by atoms with Gasteiger partial charge in [-0.2, -0.15) is 0 Å². The fourth-order valence-electron chi connectivity index (χ4n) is 4.93. The first kappa shape index (κ1) is 21.1. The van der Waals surface area contributed by atoms with Gasteiger partial charge in [0.2, 0.25) is 10.0 Å². The third kappa shape index (κ3) is 4.49. The maximum Gasteiger partial charge on any atom is 0.303 e. The van der Waals surface area contributed by atoms with Crippen molar-refractivity contribution >= 4 is 16.0 Å². The number of carbonyl (C=O) groups is 1. The molecule has 1 aromatic carbocycles. The zero-order valence-corrected chi connectivity index (χ0v) is 17.5. The number of fused-ring (bicyclic) bond motifs is 2. The van der Waals surface area contributed by atoms with Gasteiger partial charge in [-0.25, -0.2) is 13.1 Å². The van der Waals surface area contributed by atoms with E-state index in [1.807, 2.05) is 12.1 Å². The zero-order chi connectivity index (χ0) is 20.4. The Bertz CT molecular complexity index is 816. The Hall–Kier alpha value is -1.66. The molecule has 2 N–H and O–H groups in total. The smallest absolute Gasteiger partial charge is 0.303 e. The van der Waals surface area contributed by atoms with Gasteiger partial charge >= 0.3 is 5.97 Å². The lowest BCUT2D eigenvalue weighted by molar-refractivity contribution is -0.137. The molecule has 0 spiro atoms. The molecule has 6 heteroatoms. The quantitative estimate of drug-likeness (QED) is 0.476. The van der Waals surface area contributed by atoms with E-state index in [0.717, 1.165) is 25.7 Å². The molecule has 1 aromatic rings. The van der Waals surface area contributed by atoms with Crippen LogP contribution in [-0.2, 0) is 14.8 Å². The summed E-state index contributed by atoms with van der Waals surface area (Å²) < 4.78 is 28.9. The molecule has 3 saturated carbocycles. The lowest BCUT2D eigenvalue weighted by Gasteiger charge is -2.62. The van der Waals surface area contributed by atoms with Gasteiger partial charge in [0, 0.05) is 12.5 Å². The molecular formula is C22H31NO4S. The Kier molecular flexibility index (Phi) is 6.30. The van der Waals surface area contributed by atoms with E-state index >= 15 is 0 Å². The second-order valence-corrected chi connectivity index (χ2v) is 10.5. The van der Waals surface area contributed by atoms with Crippen LogP contribution >= 0.6 is 0 Å².